The fourth-order valence-electron chi connectivity index (χ4n) is 6.12. The number of hydrogen-bond donors (Lipinski definition) is 3. The molecule has 4 aliphatic carbocycles. The Balaban J connectivity index is 1.28. The number of nitrogens with one attached hydrogen (secondary N) is 3. The highest BCUT2D eigenvalue weighted by Crippen LogP contribution is 2.60. The molecule has 0 atom stereocenters. The van der Waals surface area contributed by atoms with Crippen LogP contribution in [0.4, 0.5) is 11.4 Å². The predicted octanol–water partition coefficient (Wildman–Crippen LogP) is 3.61. The van der Waals surface area contributed by atoms with Crippen molar-refractivity contribution in [3.05, 3.63) is 23.8 Å². The van der Waals surface area contributed by atoms with Crippen LogP contribution in [-0.4, -0.2) is 24.3 Å². The Morgan fingerprint density at radius 2 is 1.62 bits per heavy atom. The predicted molar refractivity (Wildman–Crippen MR) is 112 cm³/mol. The van der Waals surface area contributed by atoms with Crippen LogP contribution < -0.4 is 16.0 Å². The van der Waals surface area contributed by atoms with E-state index in [4.69, 9.17) is 0 Å². The number of amides is 3. The van der Waals surface area contributed by atoms with Gasteiger partial charge in [0.05, 0.1) is 0 Å². The van der Waals surface area contributed by atoms with E-state index in [0.717, 1.165) is 42.6 Å². The van der Waals surface area contributed by atoms with Gasteiger partial charge in [0.1, 0.15) is 0 Å². The van der Waals surface area contributed by atoms with Gasteiger partial charge in [0, 0.05) is 36.7 Å². The molecule has 0 spiro atoms. The highest BCUT2D eigenvalue weighted by Gasteiger charge is 2.54. The van der Waals surface area contributed by atoms with Crippen LogP contribution in [0.3, 0.4) is 0 Å². The highest BCUT2D eigenvalue weighted by atomic mass is 16.2. The quantitative estimate of drug-likeness (QED) is 0.685. The number of carbonyl (C=O) groups is 3. The van der Waals surface area contributed by atoms with Gasteiger partial charge < -0.3 is 16.0 Å². The topological polar surface area (TPSA) is 87.3 Å². The summed E-state index contributed by atoms with van der Waals surface area (Å²) in [5.41, 5.74) is 2.07. The summed E-state index contributed by atoms with van der Waals surface area (Å²) in [6, 6.07) is 5.41. The van der Waals surface area contributed by atoms with Crippen molar-refractivity contribution in [2.45, 2.75) is 58.8 Å². The van der Waals surface area contributed by atoms with E-state index in [1.807, 2.05) is 13.0 Å². The van der Waals surface area contributed by atoms with Gasteiger partial charge in [-0.05, 0) is 80.9 Å². The van der Waals surface area contributed by atoms with Crippen LogP contribution in [0.1, 0.15) is 57.4 Å². The zero-order chi connectivity index (χ0) is 20.6. The SMILES string of the molecule is CC(=O)Nc1ccc(C)c(NC(=O)CCNC(=O)C23CC4CC(CC(C4)C2)C3)c1. The average Bonchev–Trinajstić information content (AvgIpc) is 2.63. The molecular weight excluding hydrogens is 366 g/mol. The minimum absolute atomic E-state index is 0.140. The van der Waals surface area contributed by atoms with Crippen LogP contribution in [0.15, 0.2) is 18.2 Å². The Morgan fingerprint density at radius 1 is 1.00 bits per heavy atom. The second kappa shape index (κ2) is 7.81. The van der Waals surface area contributed by atoms with E-state index in [-0.39, 0.29) is 29.6 Å². The molecule has 156 valence electrons. The van der Waals surface area contributed by atoms with E-state index >= 15 is 0 Å². The van der Waals surface area contributed by atoms with Crippen molar-refractivity contribution in [2.75, 3.05) is 17.2 Å². The summed E-state index contributed by atoms with van der Waals surface area (Å²) in [6.07, 6.45) is 7.27. The lowest BCUT2D eigenvalue weighted by atomic mass is 9.49. The minimum atomic E-state index is -0.172. The van der Waals surface area contributed by atoms with Crippen molar-refractivity contribution >= 4 is 29.1 Å². The maximum atomic E-state index is 13.0. The van der Waals surface area contributed by atoms with Gasteiger partial charge in [-0.25, -0.2) is 0 Å². The Labute approximate surface area is 172 Å². The van der Waals surface area contributed by atoms with Gasteiger partial charge in [-0.2, -0.15) is 0 Å². The van der Waals surface area contributed by atoms with Crippen LogP contribution in [0.5, 0.6) is 0 Å². The van der Waals surface area contributed by atoms with E-state index < -0.39 is 0 Å². The second-order valence-corrected chi connectivity index (χ2v) is 9.46. The molecule has 0 radical (unpaired) electrons. The molecule has 0 aromatic heterocycles. The molecule has 1 aromatic carbocycles. The summed E-state index contributed by atoms with van der Waals surface area (Å²) in [5, 5.41) is 8.66. The van der Waals surface area contributed by atoms with Crippen LogP contribution in [0, 0.1) is 30.1 Å². The molecule has 5 rings (SSSR count). The Morgan fingerprint density at radius 3 is 2.21 bits per heavy atom. The van der Waals surface area contributed by atoms with E-state index in [2.05, 4.69) is 16.0 Å². The monoisotopic (exact) mass is 397 g/mol. The van der Waals surface area contributed by atoms with Gasteiger partial charge in [-0.15, -0.1) is 0 Å². The normalized spacial score (nSPS) is 29.4. The van der Waals surface area contributed by atoms with Crippen molar-refractivity contribution in [3.8, 4) is 0 Å². The summed E-state index contributed by atoms with van der Waals surface area (Å²) in [4.78, 5) is 36.6. The number of rotatable bonds is 6. The zero-order valence-corrected chi connectivity index (χ0v) is 17.3. The van der Waals surface area contributed by atoms with E-state index in [0.29, 0.717) is 17.9 Å². The van der Waals surface area contributed by atoms with Crippen LogP contribution >= 0.6 is 0 Å². The Kier molecular flexibility index (Phi) is 5.36. The molecule has 6 nitrogen and oxygen atoms in total. The van der Waals surface area contributed by atoms with Gasteiger partial charge in [0.2, 0.25) is 17.7 Å². The maximum absolute atomic E-state index is 13.0. The van der Waals surface area contributed by atoms with Crippen LogP contribution in [-0.2, 0) is 14.4 Å². The first-order valence-electron chi connectivity index (χ1n) is 10.8. The number of hydrogen-bond acceptors (Lipinski definition) is 3. The third-order valence-electron chi connectivity index (χ3n) is 6.99. The standard InChI is InChI=1S/C23H31N3O3/c1-14-3-4-19(25-15(2)27)10-20(14)26-21(28)5-6-24-22(29)23-11-16-7-17(12-23)9-18(8-16)13-23/h3-4,10,16-18H,5-9,11-13H2,1-2H3,(H,24,29)(H,25,27)(H,26,28). The van der Waals surface area contributed by atoms with Gasteiger partial charge in [0.15, 0.2) is 0 Å². The third kappa shape index (κ3) is 4.31. The lowest BCUT2D eigenvalue weighted by molar-refractivity contribution is -0.146. The second-order valence-electron chi connectivity index (χ2n) is 9.46. The first-order chi connectivity index (χ1) is 13.8. The minimum Gasteiger partial charge on any atom is -0.355 e. The van der Waals surface area contributed by atoms with Gasteiger partial charge in [-0.3, -0.25) is 14.4 Å². The van der Waals surface area contributed by atoms with Crippen molar-refractivity contribution in [2.24, 2.45) is 23.2 Å². The molecule has 0 aliphatic heterocycles. The molecule has 6 heteroatoms. The molecule has 3 N–H and O–H groups in total. The first-order valence-corrected chi connectivity index (χ1v) is 10.8. The molecule has 3 amide bonds. The van der Waals surface area contributed by atoms with E-state index in [1.165, 1.54) is 26.2 Å². The smallest absolute Gasteiger partial charge is 0.226 e. The van der Waals surface area contributed by atoms with Gasteiger partial charge in [-0.1, -0.05) is 6.07 Å². The number of benzene rings is 1. The molecule has 4 aliphatic rings. The average molecular weight is 398 g/mol. The summed E-state index contributed by atoms with van der Waals surface area (Å²) >= 11 is 0. The molecule has 0 heterocycles. The summed E-state index contributed by atoms with van der Waals surface area (Å²) in [5.74, 6) is 2.06. The molecule has 4 bridgehead atoms. The summed E-state index contributed by atoms with van der Waals surface area (Å²) in [6.45, 7) is 3.71. The molecule has 4 saturated carbocycles. The van der Waals surface area contributed by atoms with Crippen LogP contribution in [0.2, 0.25) is 0 Å². The molecule has 1 aromatic rings. The van der Waals surface area contributed by atoms with Gasteiger partial charge in [0.25, 0.3) is 0 Å². The molecular formula is C23H31N3O3. The zero-order valence-electron chi connectivity index (χ0n) is 17.3. The number of aryl methyl sites for hydroxylation is 1. The molecule has 29 heavy (non-hydrogen) atoms. The van der Waals surface area contributed by atoms with Crippen molar-refractivity contribution in [3.63, 3.8) is 0 Å². The lowest BCUT2D eigenvalue weighted by Crippen LogP contribution is -2.53. The van der Waals surface area contributed by atoms with Crippen LogP contribution in [0.25, 0.3) is 0 Å². The maximum Gasteiger partial charge on any atom is 0.226 e. The van der Waals surface area contributed by atoms with E-state index in [1.54, 1.807) is 12.1 Å². The molecule has 0 unspecified atom stereocenters. The fraction of sp³-hybridized carbons (Fsp3) is 0.609. The van der Waals surface area contributed by atoms with E-state index in [9.17, 15) is 14.4 Å². The third-order valence-corrected chi connectivity index (χ3v) is 6.99. The first kappa shape index (κ1) is 19.9. The Bertz CT molecular complexity index is 797. The molecule has 0 saturated heterocycles. The highest BCUT2D eigenvalue weighted by molar-refractivity contribution is 5.94. The summed E-state index contributed by atoms with van der Waals surface area (Å²) in [7, 11) is 0. The van der Waals surface area contributed by atoms with Gasteiger partial charge >= 0.3 is 0 Å². The molecule has 4 fully saturated rings. The lowest BCUT2D eigenvalue weighted by Gasteiger charge is -2.55. The van der Waals surface area contributed by atoms with Crippen molar-refractivity contribution < 1.29 is 14.4 Å². The number of carbonyl (C=O) groups excluding carboxylic acids is 3. The fourth-order valence-corrected chi connectivity index (χ4v) is 6.12. The van der Waals surface area contributed by atoms with Crippen molar-refractivity contribution in [1.82, 2.24) is 5.32 Å². The number of anilines is 2. The summed E-state index contributed by atoms with van der Waals surface area (Å²) < 4.78 is 0. The largest absolute Gasteiger partial charge is 0.355 e. The van der Waals surface area contributed by atoms with Crippen molar-refractivity contribution in [1.29, 1.82) is 0 Å². The Hall–Kier alpha value is -2.37.